The van der Waals surface area contributed by atoms with Crippen molar-refractivity contribution >= 4 is 23.5 Å². The predicted octanol–water partition coefficient (Wildman–Crippen LogP) is 1.80. The second kappa shape index (κ2) is 5.57. The molecule has 1 aromatic carbocycles. The normalized spacial score (nSPS) is 10.7. The number of tetrazole rings is 1. The third-order valence-corrected chi connectivity index (χ3v) is 3.31. The van der Waals surface area contributed by atoms with Crippen molar-refractivity contribution < 1.29 is 9.32 Å². The lowest BCUT2D eigenvalue weighted by Crippen LogP contribution is -2.29. The monoisotopic (exact) mass is 318 g/mol. The molecular formula is C13H11ClN6O2. The van der Waals surface area contributed by atoms with Gasteiger partial charge in [-0.15, -0.1) is 0 Å². The first-order valence-corrected chi connectivity index (χ1v) is 6.67. The maximum absolute atomic E-state index is 12.4. The molecule has 0 aliphatic carbocycles. The molecule has 2 aromatic heterocycles. The van der Waals surface area contributed by atoms with Gasteiger partial charge in [0.25, 0.3) is 11.9 Å². The van der Waals surface area contributed by atoms with Gasteiger partial charge >= 0.3 is 0 Å². The molecule has 3 aromatic rings. The van der Waals surface area contributed by atoms with E-state index in [9.17, 15) is 4.79 Å². The number of hydrogen-bond donors (Lipinski definition) is 0. The van der Waals surface area contributed by atoms with Gasteiger partial charge in [0.15, 0.2) is 11.5 Å². The first kappa shape index (κ1) is 14.2. The van der Waals surface area contributed by atoms with Gasteiger partial charge in [-0.05, 0) is 34.7 Å². The van der Waals surface area contributed by atoms with E-state index in [0.29, 0.717) is 16.7 Å². The summed E-state index contributed by atoms with van der Waals surface area (Å²) < 4.78 is 6.60. The van der Waals surface area contributed by atoms with E-state index in [1.165, 1.54) is 9.58 Å². The summed E-state index contributed by atoms with van der Waals surface area (Å²) in [6.45, 7) is 0. The zero-order valence-electron chi connectivity index (χ0n) is 11.8. The van der Waals surface area contributed by atoms with Crippen LogP contribution in [-0.2, 0) is 7.05 Å². The van der Waals surface area contributed by atoms with Gasteiger partial charge in [0.1, 0.15) is 0 Å². The van der Waals surface area contributed by atoms with Crippen molar-refractivity contribution in [3.63, 3.8) is 0 Å². The number of nitrogens with zero attached hydrogens (tertiary/aromatic N) is 6. The molecule has 0 aliphatic rings. The van der Waals surface area contributed by atoms with E-state index in [4.69, 9.17) is 16.1 Å². The molecule has 0 bridgehead atoms. The maximum atomic E-state index is 12.4. The Morgan fingerprint density at radius 1 is 1.32 bits per heavy atom. The molecule has 0 spiro atoms. The quantitative estimate of drug-likeness (QED) is 0.731. The highest BCUT2D eigenvalue weighted by Gasteiger charge is 2.22. The van der Waals surface area contributed by atoms with Gasteiger partial charge < -0.3 is 4.52 Å². The van der Waals surface area contributed by atoms with E-state index in [-0.39, 0.29) is 11.6 Å². The molecule has 0 radical (unpaired) electrons. The molecule has 8 nitrogen and oxygen atoms in total. The minimum absolute atomic E-state index is 0.162. The molecule has 0 saturated carbocycles. The van der Waals surface area contributed by atoms with Crippen molar-refractivity contribution in [2.45, 2.75) is 0 Å². The van der Waals surface area contributed by atoms with Gasteiger partial charge in [-0.3, -0.25) is 9.69 Å². The Balaban J connectivity index is 1.86. The van der Waals surface area contributed by atoms with Crippen LogP contribution in [0, 0.1) is 0 Å². The number of benzene rings is 1. The van der Waals surface area contributed by atoms with E-state index in [2.05, 4.69) is 20.7 Å². The van der Waals surface area contributed by atoms with Crippen LogP contribution in [0.2, 0.25) is 5.02 Å². The number of aryl methyl sites for hydroxylation is 1. The molecule has 3 rings (SSSR count). The van der Waals surface area contributed by atoms with Gasteiger partial charge in [0, 0.05) is 30.7 Å². The van der Waals surface area contributed by atoms with Gasteiger partial charge in [0.05, 0.1) is 0 Å². The summed E-state index contributed by atoms with van der Waals surface area (Å²) in [5, 5.41) is 15.4. The summed E-state index contributed by atoms with van der Waals surface area (Å²) >= 11 is 5.84. The summed E-state index contributed by atoms with van der Waals surface area (Å²) in [6.07, 6.45) is 0. The van der Waals surface area contributed by atoms with Gasteiger partial charge in [-0.2, -0.15) is 0 Å². The van der Waals surface area contributed by atoms with Crippen LogP contribution in [0.3, 0.4) is 0 Å². The second-order valence-electron chi connectivity index (χ2n) is 4.55. The Hall–Kier alpha value is -2.74. The fourth-order valence-electron chi connectivity index (χ4n) is 1.90. The number of anilines is 1. The highest BCUT2D eigenvalue weighted by atomic mass is 35.5. The minimum Gasteiger partial charge on any atom is -0.355 e. The molecule has 0 aliphatic heterocycles. The van der Waals surface area contributed by atoms with Gasteiger partial charge in [-0.1, -0.05) is 21.9 Å². The first-order valence-electron chi connectivity index (χ1n) is 6.29. The summed E-state index contributed by atoms with van der Waals surface area (Å²) in [6, 6.07) is 8.60. The van der Waals surface area contributed by atoms with E-state index in [1.807, 2.05) is 0 Å². The number of carbonyl (C=O) groups excluding carboxylic acids is 1. The van der Waals surface area contributed by atoms with Crippen LogP contribution in [-0.4, -0.2) is 38.3 Å². The number of aromatic nitrogens is 5. The number of amides is 1. The van der Waals surface area contributed by atoms with Crippen LogP contribution in [0.1, 0.15) is 10.5 Å². The Kier molecular flexibility index (Phi) is 3.60. The number of rotatable bonds is 3. The lowest BCUT2D eigenvalue weighted by atomic mass is 10.1. The van der Waals surface area contributed by atoms with E-state index < -0.39 is 0 Å². The molecular weight excluding hydrogens is 308 g/mol. The van der Waals surface area contributed by atoms with E-state index in [0.717, 1.165) is 5.56 Å². The Morgan fingerprint density at radius 2 is 2.05 bits per heavy atom. The molecule has 0 unspecified atom stereocenters. The lowest BCUT2D eigenvalue weighted by molar-refractivity contribution is 0.0982. The molecule has 0 N–H and O–H groups in total. The van der Waals surface area contributed by atoms with Crippen molar-refractivity contribution in [2.75, 3.05) is 11.9 Å². The molecule has 1 amide bonds. The third kappa shape index (κ3) is 2.56. The van der Waals surface area contributed by atoms with Crippen molar-refractivity contribution in [1.29, 1.82) is 0 Å². The van der Waals surface area contributed by atoms with Crippen molar-refractivity contribution in [2.24, 2.45) is 7.05 Å². The molecule has 2 heterocycles. The molecule has 0 fully saturated rings. The Bertz CT molecular complexity index is 810. The molecule has 0 saturated heterocycles. The van der Waals surface area contributed by atoms with Crippen LogP contribution in [0.5, 0.6) is 0 Å². The molecule has 112 valence electrons. The second-order valence-corrected chi connectivity index (χ2v) is 4.99. The highest BCUT2D eigenvalue weighted by molar-refractivity contribution is 6.30. The SMILES string of the molecule is CN(C(=O)c1cc(-c2ccc(Cl)cc2)on1)c1nnnn1C. The minimum atomic E-state index is -0.373. The van der Waals surface area contributed by atoms with Crippen molar-refractivity contribution in [3.05, 3.63) is 41.0 Å². The van der Waals surface area contributed by atoms with E-state index in [1.54, 1.807) is 44.4 Å². The summed E-state index contributed by atoms with van der Waals surface area (Å²) in [5.41, 5.74) is 0.939. The van der Waals surface area contributed by atoms with Crippen LogP contribution < -0.4 is 4.90 Å². The zero-order chi connectivity index (χ0) is 15.7. The third-order valence-electron chi connectivity index (χ3n) is 3.06. The summed E-state index contributed by atoms with van der Waals surface area (Å²) in [7, 11) is 3.20. The van der Waals surface area contributed by atoms with Crippen LogP contribution in [0.25, 0.3) is 11.3 Å². The van der Waals surface area contributed by atoms with Crippen LogP contribution in [0.15, 0.2) is 34.9 Å². The first-order chi connectivity index (χ1) is 10.6. The van der Waals surface area contributed by atoms with Crippen molar-refractivity contribution in [1.82, 2.24) is 25.4 Å². The maximum Gasteiger partial charge on any atom is 0.282 e. The standard InChI is InChI=1S/C13H11ClN6O2/c1-19(13-15-17-18-20(13)2)12(21)10-7-11(22-16-10)8-3-5-9(14)6-4-8/h3-7H,1-2H3. The largest absolute Gasteiger partial charge is 0.355 e. The predicted molar refractivity (Wildman–Crippen MR) is 78.5 cm³/mol. The molecule has 22 heavy (non-hydrogen) atoms. The van der Waals surface area contributed by atoms with Crippen molar-refractivity contribution in [3.8, 4) is 11.3 Å². The number of carbonyl (C=O) groups is 1. The molecule has 0 atom stereocenters. The van der Waals surface area contributed by atoms with Gasteiger partial charge in [-0.25, -0.2) is 4.68 Å². The fraction of sp³-hybridized carbons (Fsp3) is 0.154. The van der Waals surface area contributed by atoms with Gasteiger partial charge in [0.2, 0.25) is 0 Å². The fourth-order valence-corrected chi connectivity index (χ4v) is 2.02. The number of halogens is 1. The van der Waals surface area contributed by atoms with E-state index >= 15 is 0 Å². The average Bonchev–Trinajstić information content (AvgIpc) is 3.15. The smallest absolute Gasteiger partial charge is 0.282 e. The van der Waals surface area contributed by atoms with Crippen LogP contribution >= 0.6 is 11.6 Å². The molecule has 9 heteroatoms. The average molecular weight is 319 g/mol. The summed E-state index contributed by atoms with van der Waals surface area (Å²) in [4.78, 5) is 13.7. The summed E-state index contributed by atoms with van der Waals surface area (Å²) in [5.74, 6) is 0.410. The lowest BCUT2D eigenvalue weighted by Gasteiger charge is -2.12. The Morgan fingerprint density at radius 3 is 2.68 bits per heavy atom. The Labute approximate surface area is 130 Å². The highest BCUT2D eigenvalue weighted by Crippen LogP contribution is 2.23. The number of hydrogen-bond acceptors (Lipinski definition) is 6. The van der Waals surface area contributed by atoms with Crippen LogP contribution in [0.4, 0.5) is 5.95 Å². The topological polar surface area (TPSA) is 89.9 Å². The zero-order valence-corrected chi connectivity index (χ0v) is 12.5.